The second-order valence-corrected chi connectivity index (χ2v) is 5.34. The number of amides is 1. The van der Waals surface area contributed by atoms with E-state index in [2.05, 4.69) is 21.2 Å². The van der Waals surface area contributed by atoms with Crippen molar-refractivity contribution in [3.8, 4) is 0 Å². The third kappa shape index (κ3) is 5.83. The normalized spacial score (nSPS) is 11.9. The lowest BCUT2D eigenvalue weighted by atomic mass is 10.0. The predicted octanol–water partition coefficient (Wildman–Crippen LogP) is 2.71. The van der Waals surface area contributed by atoms with Crippen LogP contribution in [0, 0.1) is 11.7 Å². The highest BCUT2D eigenvalue weighted by Gasteiger charge is 2.13. The molecule has 6 heteroatoms. The van der Waals surface area contributed by atoms with Gasteiger partial charge in [-0.3, -0.25) is 9.59 Å². The lowest BCUT2D eigenvalue weighted by molar-refractivity contribution is -0.138. The van der Waals surface area contributed by atoms with Crippen molar-refractivity contribution in [3.05, 3.63) is 34.1 Å². The first-order valence-corrected chi connectivity index (χ1v) is 6.60. The number of carboxylic acid groups (broad SMARTS) is 1. The maximum absolute atomic E-state index is 13.4. The smallest absolute Gasteiger partial charge is 0.303 e. The number of aliphatic carboxylic acids is 1. The minimum absolute atomic E-state index is 0.0569. The maximum Gasteiger partial charge on any atom is 0.303 e. The zero-order valence-corrected chi connectivity index (χ0v) is 12.0. The Labute approximate surface area is 119 Å². The Bertz CT molecular complexity index is 479. The number of carbonyl (C=O) groups is 2. The van der Waals surface area contributed by atoms with E-state index >= 15 is 0 Å². The number of benzene rings is 1. The number of carboxylic acids is 1. The summed E-state index contributed by atoms with van der Waals surface area (Å²) in [5.74, 6) is -1.85. The van der Waals surface area contributed by atoms with Gasteiger partial charge in [0.25, 0.3) is 0 Å². The zero-order valence-electron chi connectivity index (χ0n) is 10.5. The summed E-state index contributed by atoms with van der Waals surface area (Å²) in [6.45, 7) is 1.78. The highest BCUT2D eigenvalue weighted by atomic mass is 79.9. The lowest BCUT2D eigenvalue weighted by Gasteiger charge is -2.10. The van der Waals surface area contributed by atoms with Gasteiger partial charge in [-0.25, -0.2) is 4.39 Å². The molecular formula is C13H15BrFNO3. The van der Waals surface area contributed by atoms with Crippen LogP contribution in [0.1, 0.15) is 25.3 Å². The fourth-order valence-electron chi connectivity index (χ4n) is 1.63. The molecule has 1 aromatic carbocycles. The highest BCUT2D eigenvalue weighted by Crippen LogP contribution is 2.15. The first kappa shape index (κ1) is 15.6. The summed E-state index contributed by atoms with van der Waals surface area (Å²) < 4.78 is 14.1. The Morgan fingerprint density at radius 1 is 1.42 bits per heavy atom. The van der Waals surface area contributed by atoms with E-state index < -0.39 is 5.97 Å². The van der Waals surface area contributed by atoms with E-state index in [0.717, 1.165) is 4.47 Å². The molecule has 0 aliphatic rings. The van der Waals surface area contributed by atoms with Crippen LogP contribution in [-0.4, -0.2) is 17.0 Å². The first-order valence-electron chi connectivity index (χ1n) is 5.81. The van der Waals surface area contributed by atoms with E-state index in [0.29, 0.717) is 5.56 Å². The van der Waals surface area contributed by atoms with Gasteiger partial charge in [-0.1, -0.05) is 22.9 Å². The van der Waals surface area contributed by atoms with Crippen molar-refractivity contribution in [1.82, 2.24) is 5.32 Å². The van der Waals surface area contributed by atoms with Gasteiger partial charge in [-0.05, 0) is 24.1 Å². The molecule has 19 heavy (non-hydrogen) atoms. The lowest BCUT2D eigenvalue weighted by Crippen LogP contribution is -2.25. The van der Waals surface area contributed by atoms with Crippen LogP contribution < -0.4 is 5.32 Å². The predicted molar refractivity (Wildman–Crippen MR) is 72.0 cm³/mol. The molecule has 1 aromatic rings. The molecule has 0 fully saturated rings. The van der Waals surface area contributed by atoms with E-state index in [1.165, 1.54) is 6.07 Å². The van der Waals surface area contributed by atoms with Gasteiger partial charge in [0.1, 0.15) is 5.82 Å². The molecule has 0 aliphatic heterocycles. The molecule has 0 radical (unpaired) electrons. The number of hydrogen-bond donors (Lipinski definition) is 2. The van der Waals surface area contributed by atoms with Crippen LogP contribution in [0.25, 0.3) is 0 Å². The molecule has 0 aliphatic carbocycles. The summed E-state index contributed by atoms with van der Waals surface area (Å²) in [6, 6.07) is 4.49. The Morgan fingerprint density at radius 2 is 2.11 bits per heavy atom. The van der Waals surface area contributed by atoms with Gasteiger partial charge in [0, 0.05) is 29.4 Å². The molecule has 0 bridgehead atoms. The van der Waals surface area contributed by atoms with Crippen LogP contribution in [0.5, 0.6) is 0 Å². The fraction of sp³-hybridized carbons (Fsp3) is 0.385. The molecule has 1 atom stereocenters. The van der Waals surface area contributed by atoms with E-state index in [9.17, 15) is 14.0 Å². The molecule has 104 valence electrons. The first-order chi connectivity index (χ1) is 8.88. The Balaban J connectivity index is 2.46. The Kier molecular flexibility index (Phi) is 5.95. The quantitative estimate of drug-likeness (QED) is 0.842. The van der Waals surface area contributed by atoms with Crippen LogP contribution in [-0.2, 0) is 16.1 Å². The third-order valence-electron chi connectivity index (χ3n) is 2.54. The topological polar surface area (TPSA) is 66.4 Å². The van der Waals surface area contributed by atoms with Crippen LogP contribution in [0.3, 0.4) is 0 Å². The fourth-order valence-corrected chi connectivity index (χ4v) is 2.04. The standard InChI is InChI=1S/C13H15BrFNO3/c1-8(5-13(18)19)4-12(17)16-7-9-6-10(14)2-3-11(9)15/h2-3,6,8H,4-5,7H2,1H3,(H,16,17)(H,18,19). The minimum atomic E-state index is -0.932. The van der Waals surface area contributed by atoms with E-state index in [4.69, 9.17) is 5.11 Å². The number of carbonyl (C=O) groups excluding carboxylic acids is 1. The summed E-state index contributed by atoms with van der Waals surface area (Å²) in [4.78, 5) is 22.0. The van der Waals surface area contributed by atoms with Crippen molar-refractivity contribution >= 4 is 27.8 Å². The average molecular weight is 332 g/mol. The van der Waals surface area contributed by atoms with Gasteiger partial charge in [0.2, 0.25) is 5.91 Å². The van der Waals surface area contributed by atoms with Crippen molar-refractivity contribution in [1.29, 1.82) is 0 Å². The molecular weight excluding hydrogens is 317 g/mol. The Morgan fingerprint density at radius 3 is 2.74 bits per heavy atom. The van der Waals surface area contributed by atoms with Crippen LogP contribution in [0.2, 0.25) is 0 Å². The second kappa shape index (κ2) is 7.23. The van der Waals surface area contributed by atoms with E-state index in [1.54, 1.807) is 19.1 Å². The van der Waals surface area contributed by atoms with Gasteiger partial charge in [-0.15, -0.1) is 0 Å². The molecule has 0 saturated carbocycles. The number of rotatable bonds is 6. The molecule has 1 rings (SSSR count). The van der Waals surface area contributed by atoms with Crippen LogP contribution >= 0.6 is 15.9 Å². The maximum atomic E-state index is 13.4. The minimum Gasteiger partial charge on any atom is -0.481 e. The van der Waals surface area contributed by atoms with Gasteiger partial charge >= 0.3 is 5.97 Å². The third-order valence-corrected chi connectivity index (χ3v) is 3.03. The van der Waals surface area contributed by atoms with Crippen molar-refractivity contribution in [3.63, 3.8) is 0 Å². The summed E-state index contributed by atoms with van der Waals surface area (Å²) >= 11 is 3.23. The summed E-state index contributed by atoms with van der Waals surface area (Å²) in [7, 11) is 0. The molecule has 0 aromatic heterocycles. The molecule has 0 heterocycles. The van der Waals surface area contributed by atoms with E-state index in [-0.39, 0.29) is 37.0 Å². The van der Waals surface area contributed by atoms with Crippen LogP contribution in [0.15, 0.2) is 22.7 Å². The zero-order chi connectivity index (χ0) is 14.4. The van der Waals surface area contributed by atoms with Crippen molar-refractivity contribution in [2.45, 2.75) is 26.3 Å². The SMILES string of the molecule is CC(CC(=O)O)CC(=O)NCc1cc(Br)ccc1F. The summed E-state index contributed by atoms with van der Waals surface area (Å²) in [5, 5.41) is 11.2. The molecule has 4 nitrogen and oxygen atoms in total. The van der Waals surface area contributed by atoms with Gasteiger partial charge in [0.05, 0.1) is 0 Å². The van der Waals surface area contributed by atoms with Crippen LogP contribution in [0.4, 0.5) is 4.39 Å². The number of halogens is 2. The second-order valence-electron chi connectivity index (χ2n) is 4.42. The average Bonchev–Trinajstić information content (AvgIpc) is 2.29. The summed E-state index contributed by atoms with van der Waals surface area (Å²) in [6.07, 6.45) is 0.0561. The van der Waals surface area contributed by atoms with E-state index in [1.807, 2.05) is 0 Å². The van der Waals surface area contributed by atoms with Gasteiger partial charge < -0.3 is 10.4 Å². The molecule has 1 unspecified atom stereocenters. The van der Waals surface area contributed by atoms with Crippen molar-refractivity contribution in [2.75, 3.05) is 0 Å². The number of hydrogen-bond acceptors (Lipinski definition) is 2. The van der Waals surface area contributed by atoms with Crippen molar-refractivity contribution < 1.29 is 19.1 Å². The highest BCUT2D eigenvalue weighted by molar-refractivity contribution is 9.10. The molecule has 1 amide bonds. The van der Waals surface area contributed by atoms with Gasteiger partial charge in [-0.2, -0.15) is 0 Å². The largest absolute Gasteiger partial charge is 0.481 e. The van der Waals surface area contributed by atoms with Crippen molar-refractivity contribution in [2.24, 2.45) is 5.92 Å². The molecule has 0 spiro atoms. The molecule has 0 saturated heterocycles. The van der Waals surface area contributed by atoms with Gasteiger partial charge in [0.15, 0.2) is 0 Å². The Hall–Kier alpha value is -1.43. The number of nitrogens with one attached hydrogen (secondary N) is 1. The monoisotopic (exact) mass is 331 g/mol. The summed E-state index contributed by atoms with van der Waals surface area (Å²) in [5.41, 5.74) is 0.383. The molecule has 2 N–H and O–H groups in total.